The number of esters is 1. The number of non-ortho nitro benzene ring substituents is 1. The number of nitro groups is 1. The number of nitro benzene ring substituents is 1. The Balaban J connectivity index is 1.34. The van der Waals surface area contributed by atoms with Gasteiger partial charge in [0, 0.05) is 17.8 Å². The zero-order valence-electron chi connectivity index (χ0n) is 25.1. The Morgan fingerprint density at radius 3 is 2.63 bits per heavy atom. The first-order valence-corrected chi connectivity index (χ1v) is 14.8. The number of halogens is 1. The molecule has 0 aromatic heterocycles. The second-order valence-corrected chi connectivity index (χ2v) is 10.7. The van der Waals surface area contributed by atoms with Crippen LogP contribution in [0.2, 0.25) is 0 Å². The molecule has 0 aliphatic carbocycles. The van der Waals surface area contributed by atoms with Gasteiger partial charge in [0.15, 0.2) is 17.7 Å². The monoisotopic (exact) mass is 697 g/mol. The van der Waals surface area contributed by atoms with Gasteiger partial charge >= 0.3 is 12.0 Å². The van der Waals surface area contributed by atoms with Crippen molar-refractivity contribution in [1.29, 1.82) is 0 Å². The predicted molar refractivity (Wildman–Crippen MR) is 171 cm³/mol. The Kier molecular flexibility index (Phi) is 11.5. The van der Waals surface area contributed by atoms with Crippen molar-refractivity contribution in [1.82, 2.24) is 16.1 Å². The fraction of sp³-hybridized carbons (Fsp3) is 0.258. The van der Waals surface area contributed by atoms with Crippen molar-refractivity contribution in [2.24, 2.45) is 5.10 Å². The summed E-state index contributed by atoms with van der Waals surface area (Å²) in [5.74, 6) is 0.637. The fourth-order valence-corrected chi connectivity index (χ4v) is 4.97. The van der Waals surface area contributed by atoms with Crippen molar-refractivity contribution in [3.8, 4) is 17.2 Å². The van der Waals surface area contributed by atoms with Crippen molar-refractivity contribution in [2.75, 3.05) is 20.3 Å². The van der Waals surface area contributed by atoms with Crippen LogP contribution >= 0.6 is 15.9 Å². The van der Waals surface area contributed by atoms with Gasteiger partial charge in [0.05, 0.1) is 40.9 Å². The number of urea groups is 1. The molecule has 3 aromatic carbocycles. The minimum absolute atomic E-state index is 0.00774. The van der Waals surface area contributed by atoms with Gasteiger partial charge in [-0.2, -0.15) is 5.10 Å². The second kappa shape index (κ2) is 15.7. The summed E-state index contributed by atoms with van der Waals surface area (Å²) in [5.41, 5.74) is 5.14. The number of amides is 2. The number of carbonyl (C=O) groups is 2. The molecule has 3 aromatic rings. The van der Waals surface area contributed by atoms with Gasteiger partial charge in [-0.3, -0.25) is 15.5 Å². The van der Waals surface area contributed by atoms with Gasteiger partial charge in [-0.05, 0) is 76.8 Å². The van der Waals surface area contributed by atoms with Crippen LogP contribution in [0.1, 0.15) is 36.6 Å². The first-order valence-electron chi connectivity index (χ1n) is 14.0. The summed E-state index contributed by atoms with van der Waals surface area (Å²) < 4.78 is 22.8. The molecule has 1 aliphatic rings. The second-order valence-electron chi connectivity index (χ2n) is 9.82. The molecule has 0 radical (unpaired) electrons. The molecule has 0 fully saturated rings. The molecule has 46 heavy (non-hydrogen) atoms. The molecule has 2 amide bonds. The number of methoxy groups -OCH3 is 1. The molecular formula is C31H32BrN5O9. The quantitative estimate of drug-likeness (QED) is 0.0617. The van der Waals surface area contributed by atoms with E-state index in [2.05, 4.69) is 37.1 Å². The number of aliphatic hydroxyl groups excluding tert-OH is 1. The lowest BCUT2D eigenvalue weighted by molar-refractivity contribution is -0.384. The standard InChI is InChI=1S/C31H32BrN5O9/c1-4-44-26-14-21(29-28(30(39)43-3)18(2)34-31(40)35-29)9-11-25(26)46-17-27(38)36-33-15-19-8-10-24(23(32)13-19)45-16-20-6-5-7-22(12-20)37(41)42/h5-15,27,29,36,38H,4,16-17H2,1-3H3,(H2,34,35,40)/b33-15-/t27-,29-/m1/s1. The Labute approximate surface area is 272 Å². The molecule has 14 nitrogen and oxygen atoms in total. The highest BCUT2D eigenvalue weighted by molar-refractivity contribution is 9.10. The number of hydrogen-bond acceptors (Lipinski definition) is 11. The summed E-state index contributed by atoms with van der Waals surface area (Å²) >= 11 is 3.45. The summed E-state index contributed by atoms with van der Waals surface area (Å²) in [5, 5.41) is 30.8. The molecule has 0 bridgehead atoms. The van der Waals surface area contributed by atoms with Crippen LogP contribution in [0.5, 0.6) is 17.2 Å². The summed E-state index contributed by atoms with van der Waals surface area (Å²) in [7, 11) is 1.26. The molecule has 0 saturated heterocycles. The third-order valence-corrected chi connectivity index (χ3v) is 7.20. The van der Waals surface area contributed by atoms with E-state index in [9.17, 15) is 24.8 Å². The number of ether oxygens (including phenoxy) is 4. The van der Waals surface area contributed by atoms with Gasteiger partial charge in [-0.15, -0.1) is 0 Å². The van der Waals surface area contributed by atoms with Crippen LogP contribution in [0.15, 0.2) is 81.5 Å². The van der Waals surface area contributed by atoms with Crippen LogP contribution in [-0.4, -0.2) is 54.8 Å². The molecule has 2 atom stereocenters. The number of aliphatic hydroxyl groups is 1. The lowest BCUT2D eigenvalue weighted by Gasteiger charge is -2.28. The van der Waals surface area contributed by atoms with E-state index >= 15 is 0 Å². The highest BCUT2D eigenvalue weighted by Crippen LogP contribution is 2.35. The van der Waals surface area contributed by atoms with Gasteiger partial charge < -0.3 is 34.7 Å². The van der Waals surface area contributed by atoms with E-state index in [1.807, 2.05) is 0 Å². The summed E-state index contributed by atoms with van der Waals surface area (Å²) in [4.78, 5) is 35.1. The largest absolute Gasteiger partial charge is 0.490 e. The van der Waals surface area contributed by atoms with E-state index in [0.717, 1.165) is 0 Å². The van der Waals surface area contributed by atoms with E-state index in [-0.39, 0.29) is 24.5 Å². The topological polar surface area (TPSA) is 183 Å². The maximum Gasteiger partial charge on any atom is 0.337 e. The first kappa shape index (κ1) is 33.7. The van der Waals surface area contributed by atoms with Gasteiger partial charge in [0.1, 0.15) is 19.0 Å². The summed E-state index contributed by atoms with van der Waals surface area (Å²) in [6.45, 7) is 3.70. The zero-order chi connectivity index (χ0) is 33.2. The van der Waals surface area contributed by atoms with E-state index in [4.69, 9.17) is 18.9 Å². The number of benzene rings is 3. The molecule has 15 heteroatoms. The number of allylic oxidation sites excluding steroid dienone is 1. The lowest BCUT2D eigenvalue weighted by Crippen LogP contribution is -2.45. The van der Waals surface area contributed by atoms with Crippen molar-refractivity contribution in [3.63, 3.8) is 0 Å². The molecule has 0 unspecified atom stereocenters. The molecular weight excluding hydrogens is 666 g/mol. The molecule has 4 N–H and O–H groups in total. The maximum absolute atomic E-state index is 12.4. The van der Waals surface area contributed by atoms with Crippen LogP contribution in [-0.2, 0) is 16.1 Å². The molecule has 0 spiro atoms. The van der Waals surface area contributed by atoms with Gasteiger partial charge in [-0.1, -0.05) is 18.2 Å². The fourth-order valence-electron chi connectivity index (χ4n) is 4.46. The zero-order valence-corrected chi connectivity index (χ0v) is 26.7. The number of nitrogens with one attached hydrogen (secondary N) is 3. The molecule has 242 valence electrons. The third-order valence-electron chi connectivity index (χ3n) is 6.58. The molecule has 1 heterocycles. The Hall–Kier alpha value is -5.15. The highest BCUT2D eigenvalue weighted by Gasteiger charge is 2.32. The first-order chi connectivity index (χ1) is 22.1. The van der Waals surface area contributed by atoms with E-state index in [1.54, 1.807) is 62.4 Å². The number of rotatable bonds is 14. The van der Waals surface area contributed by atoms with Crippen molar-refractivity contribution in [2.45, 2.75) is 32.7 Å². The van der Waals surface area contributed by atoms with Crippen LogP contribution in [0.3, 0.4) is 0 Å². The molecule has 4 rings (SSSR count). The molecule has 1 aliphatic heterocycles. The van der Waals surface area contributed by atoms with E-state index < -0.39 is 29.2 Å². The van der Waals surface area contributed by atoms with Gasteiger partial charge in [-0.25, -0.2) is 9.59 Å². The Bertz CT molecular complexity index is 1660. The number of hydrogen-bond donors (Lipinski definition) is 4. The minimum Gasteiger partial charge on any atom is -0.490 e. The van der Waals surface area contributed by atoms with E-state index in [1.165, 1.54) is 25.5 Å². The lowest BCUT2D eigenvalue weighted by atomic mass is 9.95. The Morgan fingerprint density at radius 2 is 1.91 bits per heavy atom. The minimum atomic E-state index is -1.17. The van der Waals surface area contributed by atoms with Crippen LogP contribution in [0.25, 0.3) is 0 Å². The van der Waals surface area contributed by atoms with E-state index in [0.29, 0.717) is 50.7 Å². The number of carbonyl (C=O) groups excluding carboxylic acids is 2. The Morgan fingerprint density at radius 1 is 1.13 bits per heavy atom. The third kappa shape index (κ3) is 8.73. The molecule has 0 saturated carbocycles. The predicted octanol–water partition coefficient (Wildman–Crippen LogP) is 4.46. The summed E-state index contributed by atoms with van der Waals surface area (Å²) in [6.07, 6.45) is 0.326. The van der Waals surface area contributed by atoms with Crippen LogP contribution in [0, 0.1) is 10.1 Å². The smallest absolute Gasteiger partial charge is 0.337 e. The van der Waals surface area contributed by atoms with Crippen molar-refractivity contribution in [3.05, 3.63) is 103 Å². The average Bonchev–Trinajstić information content (AvgIpc) is 3.03. The maximum atomic E-state index is 12.4. The van der Waals surface area contributed by atoms with Crippen molar-refractivity contribution < 1.29 is 38.6 Å². The SMILES string of the molecule is CCOc1cc([C@H]2NC(=O)NC(C)=C2C(=O)OC)ccc1OC[C@@H](O)N/N=C\c1ccc(OCc2cccc([N+](=O)[O-])c2)c(Br)c1. The summed E-state index contributed by atoms with van der Waals surface area (Å²) in [6, 6.07) is 15.2. The average molecular weight is 699 g/mol. The van der Waals surface area contributed by atoms with Crippen LogP contribution < -0.4 is 30.3 Å². The number of nitrogens with zero attached hydrogens (tertiary/aromatic N) is 2. The van der Waals surface area contributed by atoms with Crippen LogP contribution in [0.4, 0.5) is 10.5 Å². The number of hydrazone groups is 1. The normalized spacial score (nSPS) is 15.1. The van der Waals surface area contributed by atoms with Crippen molar-refractivity contribution >= 4 is 39.8 Å². The highest BCUT2D eigenvalue weighted by atomic mass is 79.9. The van der Waals surface area contributed by atoms with Gasteiger partial charge in [0.2, 0.25) is 0 Å². The van der Waals surface area contributed by atoms with Gasteiger partial charge in [0.25, 0.3) is 5.69 Å².